The molecule has 0 N–H and O–H groups in total. The summed E-state index contributed by atoms with van der Waals surface area (Å²) in [7, 11) is 0. The smallest absolute Gasteiger partial charge is 0.228 e. The second kappa shape index (κ2) is 5.15. The lowest BCUT2D eigenvalue weighted by Gasteiger charge is -2.16. The van der Waals surface area contributed by atoms with Crippen LogP contribution >= 0.6 is 0 Å². The molecule has 1 heterocycles. The fourth-order valence-corrected chi connectivity index (χ4v) is 2.51. The molecule has 0 saturated heterocycles. The Bertz CT molecular complexity index is 840. The van der Waals surface area contributed by atoms with Crippen molar-refractivity contribution in [3.8, 4) is 5.75 Å². The van der Waals surface area contributed by atoms with Crippen LogP contribution in [0.15, 0.2) is 17.1 Å². The molecule has 2 aromatic rings. The number of aromatic nitrogens is 1. The highest BCUT2D eigenvalue weighted by atomic mass is 19.2. The fourth-order valence-electron chi connectivity index (χ4n) is 2.51. The Hall–Kier alpha value is -2.31. The van der Waals surface area contributed by atoms with Crippen LogP contribution in [0.3, 0.4) is 0 Å². The number of benzene rings is 1. The average molecular weight is 311 g/mol. The number of nitrogens with zero attached hydrogens (tertiary/aromatic N) is 1. The van der Waals surface area contributed by atoms with Gasteiger partial charge in [-0.05, 0) is 25.8 Å². The van der Waals surface area contributed by atoms with Gasteiger partial charge in [-0.2, -0.15) is 4.39 Å². The number of halogens is 3. The van der Waals surface area contributed by atoms with Crippen molar-refractivity contribution in [1.82, 2.24) is 4.57 Å². The molecule has 0 spiro atoms. The maximum atomic E-state index is 13.9. The summed E-state index contributed by atoms with van der Waals surface area (Å²) in [5.41, 5.74) is -0.854. The first-order chi connectivity index (χ1) is 10.5. The SMILES string of the molecule is CC(=O)c1cn(C2CC2)c2c(OCF)c(F)c(F)cc2c1=O. The van der Waals surface area contributed by atoms with Gasteiger partial charge in [-0.25, -0.2) is 8.78 Å². The molecular formula is C15H12F3NO3. The molecule has 0 atom stereocenters. The largest absolute Gasteiger partial charge is 0.457 e. The van der Waals surface area contributed by atoms with Gasteiger partial charge >= 0.3 is 0 Å². The summed E-state index contributed by atoms with van der Waals surface area (Å²) >= 11 is 0. The molecule has 1 aliphatic carbocycles. The van der Waals surface area contributed by atoms with Crippen LogP contribution in [0.2, 0.25) is 0 Å². The molecule has 4 nitrogen and oxygen atoms in total. The second-order valence-corrected chi connectivity index (χ2v) is 5.22. The maximum Gasteiger partial charge on any atom is 0.228 e. The fraction of sp³-hybridized carbons (Fsp3) is 0.333. The first kappa shape index (κ1) is 14.6. The average Bonchev–Trinajstić information content (AvgIpc) is 3.29. The van der Waals surface area contributed by atoms with E-state index >= 15 is 0 Å². The van der Waals surface area contributed by atoms with Gasteiger partial charge in [0.25, 0.3) is 0 Å². The number of carbonyl (C=O) groups is 1. The van der Waals surface area contributed by atoms with E-state index in [1.807, 2.05) is 0 Å². The van der Waals surface area contributed by atoms with E-state index < -0.39 is 35.5 Å². The molecule has 0 amide bonds. The van der Waals surface area contributed by atoms with Crippen LogP contribution in [0.4, 0.5) is 13.2 Å². The summed E-state index contributed by atoms with van der Waals surface area (Å²) in [6.07, 6.45) is 2.85. The molecule has 1 fully saturated rings. The van der Waals surface area contributed by atoms with Gasteiger partial charge in [-0.3, -0.25) is 9.59 Å². The van der Waals surface area contributed by atoms with Crippen LogP contribution in [0.1, 0.15) is 36.2 Å². The van der Waals surface area contributed by atoms with Crippen molar-refractivity contribution < 1.29 is 22.7 Å². The highest BCUT2D eigenvalue weighted by molar-refractivity contribution is 5.98. The van der Waals surface area contributed by atoms with Crippen LogP contribution in [0.25, 0.3) is 10.9 Å². The van der Waals surface area contributed by atoms with Crippen molar-refractivity contribution >= 4 is 16.7 Å². The molecule has 0 radical (unpaired) electrons. The van der Waals surface area contributed by atoms with Crippen molar-refractivity contribution in [2.75, 3.05) is 6.86 Å². The number of hydrogen-bond donors (Lipinski definition) is 0. The standard InChI is InChI=1S/C15H12F3NO3/c1-7(20)10-5-19(8-2-3-8)13-9(14(10)21)4-11(17)12(18)15(13)22-6-16/h4-5,8H,2-3,6H2,1H3. The molecule has 22 heavy (non-hydrogen) atoms. The Morgan fingerprint density at radius 3 is 2.64 bits per heavy atom. The number of ketones is 1. The van der Waals surface area contributed by atoms with Gasteiger partial charge in [0, 0.05) is 12.2 Å². The number of alkyl halides is 1. The van der Waals surface area contributed by atoms with Crippen molar-refractivity contribution in [1.29, 1.82) is 0 Å². The summed E-state index contributed by atoms with van der Waals surface area (Å²) < 4.78 is 46.2. The molecule has 3 rings (SSSR count). The van der Waals surface area contributed by atoms with Crippen LogP contribution in [-0.4, -0.2) is 17.2 Å². The van der Waals surface area contributed by atoms with E-state index in [0.29, 0.717) is 0 Å². The highest BCUT2D eigenvalue weighted by Gasteiger charge is 2.29. The van der Waals surface area contributed by atoms with E-state index in [2.05, 4.69) is 4.74 Å². The number of hydrogen-bond acceptors (Lipinski definition) is 3. The minimum absolute atomic E-state index is 0.0194. The van der Waals surface area contributed by atoms with Gasteiger partial charge in [0.2, 0.25) is 12.7 Å². The summed E-state index contributed by atoms with van der Waals surface area (Å²) in [6.45, 7) is -0.137. The zero-order chi connectivity index (χ0) is 16.0. The van der Waals surface area contributed by atoms with Crippen molar-refractivity contribution in [3.05, 3.63) is 39.7 Å². The van der Waals surface area contributed by atoms with Gasteiger partial charge in [0.05, 0.1) is 16.5 Å². The molecule has 1 aliphatic rings. The lowest BCUT2D eigenvalue weighted by molar-refractivity contribution is 0.101. The molecule has 0 aliphatic heterocycles. The van der Waals surface area contributed by atoms with Crippen molar-refractivity contribution in [2.24, 2.45) is 0 Å². The lowest BCUT2D eigenvalue weighted by atomic mass is 10.1. The molecular weight excluding hydrogens is 299 g/mol. The Kier molecular flexibility index (Phi) is 3.42. The Labute approximate surface area is 123 Å². The van der Waals surface area contributed by atoms with Gasteiger partial charge < -0.3 is 9.30 Å². The summed E-state index contributed by atoms with van der Waals surface area (Å²) in [5, 5.41) is -0.193. The third-order valence-corrected chi connectivity index (χ3v) is 3.68. The third-order valence-electron chi connectivity index (χ3n) is 3.68. The first-order valence-corrected chi connectivity index (χ1v) is 6.72. The Morgan fingerprint density at radius 1 is 1.41 bits per heavy atom. The van der Waals surface area contributed by atoms with Gasteiger partial charge in [0.15, 0.2) is 22.8 Å². The normalized spacial score (nSPS) is 14.4. The number of carbonyl (C=O) groups excluding carboxylic acids is 1. The quantitative estimate of drug-likeness (QED) is 0.815. The van der Waals surface area contributed by atoms with Gasteiger partial charge in [-0.1, -0.05) is 0 Å². The molecule has 1 aromatic heterocycles. The molecule has 0 unspecified atom stereocenters. The van der Waals surface area contributed by atoms with Crippen LogP contribution in [0.5, 0.6) is 5.75 Å². The van der Waals surface area contributed by atoms with Crippen molar-refractivity contribution in [2.45, 2.75) is 25.8 Å². The minimum atomic E-state index is -1.36. The monoisotopic (exact) mass is 311 g/mol. The number of Topliss-reactive ketones (excluding diaryl/α,β-unsaturated/α-hetero) is 1. The predicted octanol–water partition coefficient (Wildman–Crippen LogP) is 3.12. The second-order valence-electron chi connectivity index (χ2n) is 5.22. The Morgan fingerprint density at radius 2 is 2.09 bits per heavy atom. The Balaban J connectivity index is 2.48. The molecule has 1 saturated carbocycles. The lowest BCUT2D eigenvalue weighted by Crippen LogP contribution is -2.19. The molecule has 0 bridgehead atoms. The van der Waals surface area contributed by atoms with Crippen LogP contribution in [0, 0.1) is 11.6 Å². The third kappa shape index (κ3) is 2.17. The van der Waals surface area contributed by atoms with Crippen LogP contribution < -0.4 is 10.2 Å². The van der Waals surface area contributed by atoms with Gasteiger partial charge in [-0.15, -0.1) is 0 Å². The molecule has 7 heteroatoms. The minimum Gasteiger partial charge on any atom is -0.457 e. The van der Waals surface area contributed by atoms with E-state index in [9.17, 15) is 22.8 Å². The topological polar surface area (TPSA) is 48.3 Å². The molecule has 1 aromatic carbocycles. The predicted molar refractivity (Wildman–Crippen MR) is 73.0 cm³/mol. The number of ether oxygens (including phenoxy) is 1. The van der Waals surface area contributed by atoms with Crippen molar-refractivity contribution in [3.63, 3.8) is 0 Å². The van der Waals surface area contributed by atoms with Crippen LogP contribution in [-0.2, 0) is 0 Å². The van der Waals surface area contributed by atoms with E-state index in [-0.39, 0.29) is 22.5 Å². The molecule has 116 valence electrons. The number of rotatable bonds is 4. The first-order valence-electron chi connectivity index (χ1n) is 6.72. The van der Waals surface area contributed by atoms with E-state index in [0.717, 1.165) is 18.9 Å². The zero-order valence-electron chi connectivity index (χ0n) is 11.7. The summed E-state index contributed by atoms with van der Waals surface area (Å²) in [6, 6.07) is 0.677. The van der Waals surface area contributed by atoms with E-state index in [4.69, 9.17) is 0 Å². The number of pyridine rings is 1. The summed E-state index contributed by atoms with van der Waals surface area (Å²) in [5.74, 6) is -3.79. The number of fused-ring (bicyclic) bond motifs is 1. The highest BCUT2D eigenvalue weighted by Crippen LogP contribution is 2.40. The maximum absolute atomic E-state index is 13.9. The van der Waals surface area contributed by atoms with Gasteiger partial charge in [0.1, 0.15) is 0 Å². The van der Waals surface area contributed by atoms with E-state index in [1.165, 1.54) is 17.7 Å². The van der Waals surface area contributed by atoms with E-state index in [1.54, 1.807) is 0 Å². The summed E-state index contributed by atoms with van der Waals surface area (Å²) in [4.78, 5) is 23.9. The zero-order valence-corrected chi connectivity index (χ0v) is 11.7.